The lowest BCUT2D eigenvalue weighted by Crippen LogP contribution is -2.09. The molecule has 0 saturated heterocycles. The Morgan fingerprint density at radius 3 is 2.77 bits per heavy atom. The Bertz CT molecular complexity index is 862. The third-order valence-electron chi connectivity index (χ3n) is 4.04. The fourth-order valence-corrected chi connectivity index (χ4v) is 2.84. The molecule has 0 atom stereocenters. The van der Waals surface area contributed by atoms with E-state index in [4.69, 9.17) is 4.74 Å². The van der Waals surface area contributed by atoms with Crippen LogP contribution >= 0.6 is 0 Å². The van der Waals surface area contributed by atoms with Gasteiger partial charge in [0.1, 0.15) is 0 Å². The van der Waals surface area contributed by atoms with Gasteiger partial charge in [-0.25, -0.2) is 9.78 Å². The van der Waals surface area contributed by atoms with E-state index in [1.54, 1.807) is 13.1 Å². The van der Waals surface area contributed by atoms with Crippen LogP contribution in [0, 0.1) is 6.92 Å². The van der Waals surface area contributed by atoms with Gasteiger partial charge in [0.2, 0.25) is 0 Å². The summed E-state index contributed by atoms with van der Waals surface area (Å²) in [6.07, 6.45) is 1.71. The predicted octanol–water partition coefficient (Wildman–Crippen LogP) is 4.32. The average molecular weight is 296 g/mol. The summed E-state index contributed by atoms with van der Waals surface area (Å²) in [5, 5.41) is 2.18. The summed E-state index contributed by atoms with van der Waals surface area (Å²) in [6, 6.07) is 6.42. The number of benzene rings is 1. The highest BCUT2D eigenvalue weighted by Crippen LogP contribution is 2.31. The van der Waals surface area contributed by atoms with Gasteiger partial charge >= 0.3 is 5.97 Å². The third kappa shape index (κ3) is 2.25. The van der Waals surface area contributed by atoms with E-state index in [1.807, 2.05) is 6.92 Å². The number of aryl methyl sites for hydroxylation is 1. The van der Waals surface area contributed by atoms with Crippen molar-refractivity contribution in [2.24, 2.45) is 0 Å². The Hall–Kier alpha value is -2.36. The van der Waals surface area contributed by atoms with E-state index in [2.05, 4.69) is 42.0 Å². The van der Waals surface area contributed by atoms with Crippen LogP contribution in [0.15, 0.2) is 24.4 Å². The van der Waals surface area contributed by atoms with Gasteiger partial charge in [-0.05, 0) is 43.0 Å². The second-order valence-electron chi connectivity index (χ2n) is 5.83. The van der Waals surface area contributed by atoms with E-state index in [0.29, 0.717) is 18.2 Å². The largest absolute Gasteiger partial charge is 0.461 e. The number of hydrogen-bond acceptors (Lipinski definition) is 3. The number of ether oxygens (including phenoxy) is 1. The molecule has 0 bridgehead atoms. The standard InChI is InChI=1S/C18H20N2O2/c1-5-22-18(21)17-11(4)16-13-8-12(10(2)3)6-7-14(13)20-15(16)9-19-17/h6-10,20H,5H2,1-4H3. The van der Waals surface area contributed by atoms with Gasteiger partial charge in [-0.1, -0.05) is 19.9 Å². The summed E-state index contributed by atoms with van der Waals surface area (Å²) in [7, 11) is 0. The topological polar surface area (TPSA) is 55.0 Å². The smallest absolute Gasteiger partial charge is 0.357 e. The highest BCUT2D eigenvalue weighted by atomic mass is 16.5. The van der Waals surface area contributed by atoms with Gasteiger partial charge in [0.15, 0.2) is 5.69 Å². The van der Waals surface area contributed by atoms with Crippen molar-refractivity contribution in [3.63, 3.8) is 0 Å². The number of carbonyl (C=O) groups excluding carboxylic acids is 1. The van der Waals surface area contributed by atoms with Crippen LogP contribution in [-0.2, 0) is 4.74 Å². The van der Waals surface area contributed by atoms with E-state index in [1.165, 1.54) is 5.56 Å². The molecule has 0 aliphatic rings. The van der Waals surface area contributed by atoms with Crippen molar-refractivity contribution in [2.75, 3.05) is 6.61 Å². The molecule has 0 aliphatic heterocycles. The molecule has 0 spiro atoms. The third-order valence-corrected chi connectivity index (χ3v) is 4.04. The van der Waals surface area contributed by atoms with Gasteiger partial charge in [-0.15, -0.1) is 0 Å². The molecule has 0 unspecified atom stereocenters. The van der Waals surface area contributed by atoms with Gasteiger partial charge in [-0.3, -0.25) is 0 Å². The first kappa shape index (κ1) is 14.6. The minimum absolute atomic E-state index is 0.351. The molecular formula is C18H20N2O2. The number of nitrogens with zero attached hydrogens (tertiary/aromatic N) is 1. The number of rotatable bonds is 3. The van der Waals surface area contributed by atoms with Gasteiger partial charge in [-0.2, -0.15) is 0 Å². The molecule has 1 aromatic carbocycles. The number of hydrogen-bond donors (Lipinski definition) is 1. The average Bonchev–Trinajstić information content (AvgIpc) is 2.85. The Morgan fingerprint density at radius 1 is 1.32 bits per heavy atom. The highest BCUT2D eigenvalue weighted by Gasteiger charge is 2.17. The van der Waals surface area contributed by atoms with Gasteiger partial charge in [0.05, 0.1) is 18.3 Å². The quantitative estimate of drug-likeness (QED) is 0.732. The van der Waals surface area contributed by atoms with Crippen LogP contribution in [0.1, 0.15) is 48.3 Å². The van der Waals surface area contributed by atoms with Gasteiger partial charge < -0.3 is 9.72 Å². The van der Waals surface area contributed by atoms with Crippen LogP contribution in [-0.4, -0.2) is 22.5 Å². The summed E-state index contributed by atoms with van der Waals surface area (Å²) in [6.45, 7) is 8.43. The molecule has 0 fully saturated rings. The zero-order chi connectivity index (χ0) is 15.9. The fraction of sp³-hybridized carbons (Fsp3) is 0.333. The minimum Gasteiger partial charge on any atom is -0.461 e. The van der Waals surface area contributed by atoms with Crippen molar-refractivity contribution >= 4 is 27.8 Å². The van der Waals surface area contributed by atoms with E-state index in [9.17, 15) is 4.79 Å². The lowest BCUT2D eigenvalue weighted by molar-refractivity contribution is 0.0519. The lowest BCUT2D eigenvalue weighted by atomic mass is 9.99. The van der Waals surface area contributed by atoms with Crippen LogP contribution in [0.25, 0.3) is 21.8 Å². The van der Waals surface area contributed by atoms with Crippen molar-refractivity contribution < 1.29 is 9.53 Å². The molecule has 0 radical (unpaired) electrons. The molecule has 4 heteroatoms. The number of aromatic nitrogens is 2. The Balaban J connectivity index is 2.29. The first-order valence-electron chi connectivity index (χ1n) is 7.61. The number of aromatic amines is 1. The zero-order valence-corrected chi connectivity index (χ0v) is 13.4. The number of pyridine rings is 1. The summed E-state index contributed by atoms with van der Waals surface area (Å²) >= 11 is 0. The second kappa shape index (κ2) is 5.44. The zero-order valence-electron chi connectivity index (χ0n) is 13.4. The first-order chi connectivity index (χ1) is 10.5. The maximum absolute atomic E-state index is 12.0. The number of fused-ring (bicyclic) bond motifs is 3. The predicted molar refractivity (Wildman–Crippen MR) is 88.4 cm³/mol. The molecule has 0 amide bonds. The van der Waals surface area contributed by atoms with Crippen LogP contribution < -0.4 is 0 Å². The number of carbonyl (C=O) groups is 1. The molecule has 0 saturated carbocycles. The molecule has 0 aliphatic carbocycles. The van der Waals surface area contributed by atoms with E-state index >= 15 is 0 Å². The van der Waals surface area contributed by atoms with Crippen LogP contribution in [0.4, 0.5) is 0 Å². The van der Waals surface area contributed by atoms with E-state index in [-0.39, 0.29) is 5.97 Å². The van der Waals surface area contributed by atoms with Crippen molar-refractivity contribution in [3.8, 4) is 0 Å². The van der Waals surface area contributed by atoms with Crippen LogP contribution in [0.3, 0.4) is 0 Å². The minimum atomic E-state index is -0.365. The lowest BCUT2D eigenvalue weighted by Gasteiger charge is -2.07. The van der Waals surface area contributed by atoms with Gasteiger partial charge in [0, 0.05) is 16.3 Å². The van der Waals surface area contributed by atoms with E-state index < -0.39 is 0 Å². The Labute approximate surface area is 129 Å². The molecule has 4 nitrogen and oxygen atoms in total. The molecule has 22 heavy (non-hydrogen) atoms. The second-order valence-corrected chi connectivity index (χ2v) is 5.83. The SMILES string of the molecule is CCOC(=O)c1ncc2[nH]c3ccc(C(C)C)cc3c2c1C. The van der Waals surface area contributed by atoms with Crippen molar-refractivity contribution in [2.45, 2.75) is 33.6 Å². The van der Waals surface area contributed by atoms with Gasteiger partial charge in [0.25, 0.3) is 0 Å². The molecule has 2 aromatic heterocycles. The van der Waals surface area contributed by atoms with Crippen molar-refractivity contribution in [1.82, 2.24) is 9.97 Å². The van der Waals surface area contributed by atoms with Crippen LogP contribution in [0.2, 0.25) is 0 Å². The fourth-order valence-electron chi connectivity index (χ4n) is 2.84. The number of nitrogens with one attached hydrogen (secondary N) is 1. The maximum Gasteiger partial charge on any atom is 0.357 e. The first-order valence-corrected chi connectivity index (χ1v) is 7.61. The molecular weight excluding hydrogens is 276 g/mol. The number of esters is 1. The summed E-state index contributed by atoms with van der Waals surface area (Å²) in [5.41, 5.74) is 4.54. The molecule has 3 aromatic rings. The maximum atomic E-state index is 12.0. The van der Waals surface area contributed by atoms with E-state index in [0.717, 1.165) is 27.4 Å². The normalized spacial score (nSPS) is 11.5. The van der Waals surface area contributed by atoms with Crippen molar-refractivity contribution in [3.05, 3.63) is 41.2 Å². The highest BCUT2D eigenvalue weighted by molar-refractivity contribution is 6.11. The summed E-state index contributed by atoms with van der Waals surface area (Å²) in [4.78, 5) is 19.7. The number of H-pyrrole nitrogens is 1. The molecule has 114 valence electrons. The Kier molecular flexibility index (Phi) is 3.61. The Morgan fingerprint density at radius 2 is 2.09 bits per heavy atom. The summed E-state index contributed by atoms with van der Waals surface area (Å²) < 4.78 is 5.10. The molecule has 3 rings (SSSR count). The monoisotopic (exact) mass is 296 g/mol. The summed E-state index contributed by atoms with van der Waals surface area (Å²) in [5.74, 6) is 0.0947. The van der Waals surface area contributed by atoms with Crippen LogP contribution in [0.5, 0.6) is 0 Å². The van der Waals surface area contributed by atoms with Crippen molar-refractivity contribution in [1.29, 1.82) is 0 Å². The molecule has 2 heterocycles. The molecule has 1 N–H and O–H groups in total.